The standard InChI is InChI=1S/C16H12BrFN2O/c17-13-5-3-12(4-6-13)15-9-16(21-20-15)19-10-11-1-7-14(18)8-2-11/h1-9,19H,10H2. The molecule has 0 atom stereocenters. The highest BCUT2D eigenvalue weighted by Gasteiger charge is 2.06. The van der Waals surface area contributed by atoms with Crippen molar-refractivity contribution in [3.63, 3.8) is 0 Å². The fraction of sp³-hybridized carbons (Fsp3) is 0.0625. The lowest BCUT2D eigenvalue weighted by Gasteiger charge is -2.01. The van der Waals surface area contributed by atoms with E-state index in [-0.39, 0.29) is 5.82 Å². The molecule has 5 heteroatoms. The molecule has 1 aromatic heterocycles. The summed E-state index contributed by atoms with van der Waals surface area (Å²) in [5, 5.41) is 7.15. The first kappa shape index (κ1) is 13.8. The second-order valence-electron chi connectivity index (χ2n) is 4.56. The Bertz CT molecular complexity index is 723. The first-order chi connectivity index (χ1) is 10.2. The number of benzene rings is 2. The van der Waals surface area contributed by atoms with Crippen LogP contribution in [-0.4, -0.2) is 5.16 Å². The second kappa shape index (κ2) is 6.10. The highest BCUT2D eigenvalue weighted by molar-refractivity contribution is 9.10. The molecule has 0 radical (unpaired) electrons. The SMILES string of the molecule is Fc1ccc(CNc2cc(-c3ccc(Br)cc3)no2)cc1. The van der Waals surface area contributed by atoms with E-state index in [1.165, 1.54) is 12.1 Å². The van der Waals surface area contributed by atoms with Crippen LogP contribution in [0.3, 0.4) is 0 Å². The van der Waals surface area contributed by atoms with E-state index in [0.717, 1.165) is 21.3 Å². The third kappa shape index (κ3) is 3.49. The average molecular weight is 347 g/mol. The summed E-state index contributed by atoms with van der Waals surface area (Å²) in [5.74, 6) is 0.341. The fourth-order valence-electron chi connectivity index (χ4n) is 1.91. The highest BCUT2D eigenvalue weighted by atomic mass is 79.9. The lowest BCUT2D eigenvalue weighted by molar-refractivity contribution is 0.434. The van der Waals surface area contributed by atoms with E-state index >= 15 is 0 Å². The third-order valence-corrected chi connectivity index (χ3v) is 3.56. The molecular formula is C16H12BrFN2O. The Morgan fingerprint density at radius 3 is 2.48 bits per heavy atom. The molecule has 0 aliphatic carbocycles. The van der Waals surface area contributed by atoms with E-state index in [4.69, 9.17) is 4.52 Å². The number of nitrogens with one attached hydrogen (secondary N) is 1. The molecule has 0 saturated heterocycles. The van der Waals surface area contributed by atoms with Crippen molar-refractivity contribution in [2.75, 3.05) is 5.32 Å². The van der Waals surface area contributed by atoms with Gasteiger partial charge in [-0.1, -0.05) is 45.4 Å². The van der Waals surface area contributed by atoms with Gasteiger partial charge < -0.3 is 9.84 Å². The molecule has 0 spiro atoms. The first-order valence-electron chi connectivity index (χ1n) is 6.42. The summed E-state index contributed by atoms with van der Waals surface area (Å²) in [6.45, 7) is 0.551. The molecule has 3 nitrogen and oxygen atoms in total. The average Bonchev–Trinajstić information content (AvgIpc) is 2.96. The van der Waals surface area contributed by atoms with Crippen LogP contribution in [0.5, 0.6) is 0 Å². The maximum Gasteiger partial charge on any atom is 0.225 e. The highest BCUT2D eigenvalue weighted by Crippen LogP contribution is 2.23. The molecule has 21 heavy (non-hydrogen) atoms. The molecule has 2 aromatic carbocycles. The minimum Gasteiger partial charge on any atom is -0.350 e. The number of nitrogens with zero attached hydrogens (tertiary/aromatic N) is 1. The van der Waals surface area contributed by atoms with Gasteiger partial charge in [-0.25, -0.2) is 4.39 Å². The molecular weight excluding hydrogens is 335 g/mol. The van der Waals surface area contributed by atoms with Gasteiger partial charge in [0, 0.05) is 22.6 Å². The summed E-state index contributed by atoms with van der Waals surface area (Å²) >= 11 is 3.40. The maximum absolute atomic E-state index is 12.8. The predicted molar refractivity (Wildman–Crippen MR) is 83.4 cm³/mol. The molecule has 1 N–H and O–H groups in total. The van der Waals surface area contributed by atoms with Gasteiger partial charge in [0.2, 0.25) is 5.88 Å². The number of hydrogen-bond donors (Lipinski definition) is 1. The quantitative estimate of drug-likeness (QED) is 0.733. The molecule has 0 aliphatic heterocycles. The number of anilines is 1. The van der Waals surface area contributed by atoms with E-state index in [1.807, 2.05) is 30.3 Å². The van der Waals surface area contributed by atoms with Crippen LogP contribution < -0.4 is 5.32 Å². The van der Waals surface area contributed by atoms with Crippen LogP contribution in [0.2, 0.25) is 0 Å². The topological polar surface area (TPSA) is 38.1 Å². The van der Waals surface area contributed by atoms with Crippen molar-refractivity contribution in [3.05, 3.63) is 70.5 Å². The monoisotopic (exact) mass is 346 g/mol. The number of hydrogen-bond acceptors (Lipinski definition) is 3. The van der Waals surface area contributed by atoms with Gasteiger partial charge in [-0.05, 0) is 29.8 Å². The summed E-state index contributed by atoms with van der Waals surface area (Å²) in [5.41, 5.74) is 2.72. The van der Waals surface area contributed by atoms with Crippen LogP contribution in [0.25, 0.3) is 11.3 Å². The minimum atomic E-state index is -0.240. The van der Waals surface area contributed by atoms with Crippen molar-refractivity contribution in [1.29, 1.82) is 0 Å². The molecule has 0 fully saturated rings. The van der Waals surface area contributed by atoms with Crippen molar-refractivity contribution in [1.82, 2.24) is 5.16 Å². The van der Waals surface area contributed by atoms with Gasteiger partial charge in [-0.15, -0.1) is 0 Å². The van der Waals surface area contributed by atoms with E-state index in [1.54, 1.807) is 12.1 Å². The van der Waals surface area contributed by atoms with Gasteiger partial charge >= 0.3 is 0 Å². The van der Waals surface area contributed by atoms with Crippen LogP contribution >= 0.6 is 15.9 Å². The van der Waals surface area contributed by atoms with Crippen LogP contribution in [0.4, 0.5) is 10.3 Å². The second-order valence-corrected chi connectivity index (χ2v) is 5.48. The lowest BCUT2D eigenvalue weighted by atomic mass is 10.1. The minimum absolute atomic E-state index is 0.240. The van der Waals surface area contributed by atoms with Crippen LogP contribution in [0.1, 0.15) is 5.56 Å². The molecule has 0 saturated carbocycles. The molecule has 0 bridgehead atoms. The number of halogens is 2. The summed E-state index contributed by atoms with van der Waals surface area (Å²) in [6, 6.07) is 16.0. The van der Waals surface area contributed by atoms with Crippen LogP contribution in [0, 0.1) is 5.82 Å². The Morgan fingerprint density at radius 2 is 1.76 bits per heavy atom. The van der Waals surface area contributed by atoms with Crippen molar-refractivity contribution in [2.24, 2.45) is 0 Å². The zero-order valence-corrected chi connectivity index (χ0v) is 12.6. The normalized spacial score (nSPS) is 10.6. The molecule has 0 unspecified atom stereocenters. The van der Waals surface area contributed by atoms with Gasteiger partial charge in [0.05, 0.1) is 0 Å². The van der Waals surface area contributed by atoms with Gasteiger partial charge in [0.15, 0.2) is 0 Å². The fourth-order valence-corrected chi connectivity index (χ4v) is 2.17. The van der Waals surface area contributed by atoms with E-state index < -0.39 is 0 Å². The van der Waals surface area contributed by atoms with Crippen LogP contribution in [0.15, 0.2) is 63.6 Å². The summed E-state index contributed by atoms with van der Waals surface area (Å²) < 4.78 is 19.1. The Labute approximate surface area is 129 Å². The predicted octanol–water partition coefficient (Wildman–Crippen LogP) is 4.86. The van der Waals surface area contributed by atoms with Crippen LogP contribution in [-0.2, 0) is 6.54 Å². The van der Waals surface area contributed by atoms with E-state index in [9.17, 15) is 4.39 Å². The van der Waals surface area contributed by atoms with E-state index in [2.05, 4.69) is 26.4 Å². The van der Waals surface area contributed by atoms with Crippen molar-refractivity contribution >= 4 is 21.8 Å². The van der Waals surface area contributed by atoms with Crippen molar-refractivity contribution < 1.29 is 8.91 Å². The lowest BCUT2D eigenvalue weighted by Crippen LogP contribution is -1.97. The number of rotatable bonds is 4. The Balaban J connectivity index is 1.67. The van der Waals surface area contributed by atoms with Gasteiger partial charge in [0.25, 0.3) is 0 Å². The van der Waals surface area contributed by atoms with Crippen molar-refractivity contribution in [3.8, 4) is 11.3 Å². The Morgan fingerprint density at radius 1 is 1.05 bits per heavy atom. The molecule has 1 heterocycles. The number of aromatic nitrogens is 1. The van der Waals surface area contributed by atoms with E-state index in [0.29, 0.717) is 12.4 Å². The molecule has 3 rings (SSSR count). The molecule has 0 amide bonds. The van der Waals surface area contributed by atoms with Crippen molar-refractivity contribution in [2.45, 2.75) is 6.54 Å². The molecule has 106 valence electrons. The largest absolute Gasteiger partial charge is 0.350 e. The smallest absolute Gasteiger partial charge is 0.225 e. The molecule has 0 aliphatic rings. The Kier molecular flexibility index (Phi) is 4.01. The van der Waals surface area contributed by atoms with Gasteiger partial charge in [-0.3, -0.25) is 0 Å². The zero-order valence-electron chi connectivity index (χ0n) is 11.0. The first-order valence-corrected chi connectivity index (χ1v) is 7.21. The summed E-state index contributed by atoms with van der Waals surface area (Å²) in [7, 11) is 0. The third-order valence-electron chi connectivity index (χ3n) is 3.03. The Hall–Kier alpha value is -2.14. The zero-order chi connectivity index (χ0) is 14.7. The van der Waals surface area contributed by atoms with Gasteiger partial charge in [0.1, 0.15) is 11.5 Å². The maximum atomic E-state index is 12.8. The summed E-state index contributed by atoms with van der Waals surface area (Å²) in [6.07, 6.45) is 0. The van der Waals surface area contributed by atoms with Gasteiger partial charge in [-0.2, -0.15) is 0 Å². The summed E-state index contributed by atoms with van der Waals surface area (Å²) in [4.78, 5) is 0. The molecule has 3 aromatic rings.